The topological polar surface area (TPSA) is 12.9 Å². The fraction of sp³-hybridized carbons (Fsp3) is 0. The molecule has 0 N–H and O–H groups in total. The Balaban J connectivity index is -0.0000000312. The van der Waals surface area contributed by atoms with Crippen LogP contribution in [0.4, 0.5) is 0 Å². The number of nitrogens with zero attached hydrogens (tertiary/aromatic N) is 1. The fourth-order valence-electron chi connectivity index (χ4n) is 0.152. The van der Waals surface area contributed by atoms with Gasteiger partial charge in [0.25, 0.3) is 0 Å². The molecule has 0 amide bonds. The summed E-state index contributed by atoms with van der Waals surface area (Å²) in [5.74, 6) is 0. The number of thiazole rings is 1. The number of hydrogen-bond donors (Lipinski definition) is 0. The van der Waals surface area contributed by atoms with Crippen LogP contribution in [0.15, 0.2) is 11.6 Å². The van der Waals surface area contributed by atoms with Gasteiger partial charge in [-0.05, 0) is 0 Å². The molecule has 0 fully saturated rings. The van der Waals surface area contributed by atoms with Gasteiger partial charge in [0.1, 0.15) is 0 Å². The Kier molecular flexibility index (Phi) is 3.87. The minimum absolute atomic E-state index is 0. The van der Waals surface area contributed by atoms with E-state index in [0.29, 0.717) is 0 Å². The fourth-order valence-corrected chi connectivity index (χ4v) is 0.456. The van der Waals surface area contributed by atoms with Gasteiger partial charge in [0.2, 0.25) is 0 Å². The van der Waals surface area contributed by atoms with Crippen molar-refractivity contribution in [2.45, 2.75) is 0 Å². The van der Waals surface area contributed by atoms with Gasteiger partial charge >= 0.3 is 0 Å². The molecule has 1 rings (SSSR count). The number of rotatable bonds is 0. The van der Waals surface area contributed by atoms with Crippen LogP contribution in [-0.2, 0) is 0 Å². The Morgan fingerprint density at radius 2 is 2.67 bits per heavy atom. The molecule has 0 saturated carbocycles. The monoisotopic (exact) mass is 210 g/mol. The third kappa shape index (κ3) is 1.77. The van der Waals surface area contributed by atoms with Crippen LogP contribution in [-0.4, -0.2) is 28.9 Å². The van der Waals surface area contributed by atoms with Gasteiger partial charge < -0.3 is 0 Å². The first kappa shape index (κ1) is 6.43. The number of hydrogen-bond acceptors (Lipinski definition) is 2. The third-order valence-corrected chi connectivity index (χ3v) is 0.777. The summed E-state index contributed by atoms with van der Waals surface area (Å²) in [6, 6.07) is 0. The van der Waals surface area contributed by atoms with E-state index in [4.69, 9.17) is 0 Å². The minimum atomic E-state index is 0. The van der Waals surface area contributed by atoms with Crippen LogP contribution in [0.5, 0.6) is 0 Å². The van der Waals surface area contributed by atoms with Crippen LogP contribution in [0, 0.1) is 5.51 Å². The summed E-state index contributed by atoms with van der Waals surface area (Å²) in [5.41, 5.74) is 2.65. The molecular weight excluding hydrogens is 201 g/mol. The number of aromatic nitrogens is 1. The second kappa shape index (κ2) is 3.61. The quantitative estimate of drug-likeness (QED) is 0.586. The summed E-state index contributed by atoms with van der Waals surface area (Å²) >= 11 is 1.48. The van der Waals surface area contributed by atoms with Crippen molar-refractivity contribution in [1.82, 2.24) is 4.98 Å². The van der Waals surface area contributed by atoms with E-state index in [2.05, 4.69) is 10.5 Å². The van der Waals surface area contributed by atoms with Crippen molar-refractivity contribution in [1.29, 1.82) is 0 Å². The van der Waals surface area contributed by atoms with Gasteiger partial charge in [-0.25, -0.2) is 4.98 Å². The maximum absolute atomic E-state index is 3.62. The van der Waals surface area contributed by atoms with Gasteiger partial charge in [0, 0.05) is 39.8 Å². The average molecular weight is 209 g/mol. The molecule has 0 aliphatic heterocycles. The van der Waals surface area contributed by atoms with Gasteiger partial charge in [-0.15, -0.1) is 11.3 Å². The van der Waals surface area contributed by atoms with Gasteiger partial charge in [-0.2, -0.15) is 0 Å². The zero-order valence-corrected chi connectivity index (χ0v) is 6.68. The Morgan fingerprint density at radius 1 is 1.83 bits per heavy atom. The standard InChI is InChI=1S/C3H2NS.Sn.3H2/c1-2-5-3-4-1;;;;/h1-2H;;3*1H. The van der Waals surface area contributed by atoms with Crippen LogP contribution in [0.25, 0.3) is 0 Å². The predicted octanol–water partition coefficient (Wildman–Crippen LogP) is 1.30. The molecule has 0 unspecified atom stereocenters. The summed E-state index contributed by atoms with van der Waals surface area (Å²) in [6.45, 7) is 0. The molecule has 1 heterocycles. The molecule has 1 aromatic heterocycles. The summed E-state index contributed by atoms with van der Waals surface area (Å²) in [6.07, 6.45) is 1.71. The average Bonchev–Trinajstić information content (AvgIpc) is 1.76. The maximum atomic E-state index is 3.62. The molecule has 35 valence electrons. The summed E-state index contributed by atoms with van der Waals surface area (Å²) in [7, 11) is 0. The van der Waals surface area contributed by atoms with Gasteiger partial charge in [0.15, 0.2) is 5.51 Å². The molecule has 1 nitrogen and oxygen atoms in total. The molecule has 0 bridgehead atoms. The Morgan fingerprint density at radius 3 is 2.83 bits per heavy atom. The third-order valence-electron chi connectivity index (χ3n) is 0.309. The Bertz CT molecular complexity index is 75.5. The van der Waals surface area contributed by atoms with Crippen molar-refractivity contribution < 1.29 is 4.28 Å². The summed E-state index contributed by atoms with van der Waals surface area (Å²) in [4.78, 5) is 3.62. The molecule has 0 spiro atoms. The molecule has 0 saturated heterocycles. The smallest absolute Gasteiger partial charge is 0.152 e. The van der Waals surface area contributed by atoms with Crippen LogP contribution < -0.4 is 0 Å². The zero-order chi connectivity index (χ0) is 3.54. The van der Waals surface area contributed by atoms with Crippen LogP contribution in [0.2, 0.25) is 0 Å². The maximum Gasteiger partial charge on any atom is 0.152 e. The molecule has 6 heavy (non-hydrogen) atoms. The molecule has 1 aromatic rings. The molecule has 5 radical (unpaired) electrons. The zero-order valence-electron chi connectivity index (χ0n) is 3.01. The predicted molar refractivity (Wildman–Crippen MR) is 33.0 cm³/mol. The van der Waals surface area contributed by atoms with Gasteiger partial charge in [0.05, 0.1) is 0 Å². The Hall–Kier alpha value is 0.429. The van der Waals surface area contributed by atoms with Crippen LogP contribution >= 0.6 is 11.3 Å². The van der Waals surface area contributed by atoms with Crippen molar-refractivity contribution in [2.24, 2.45) is 0 Å². The molecule has 0 atom stereocenters. The van der Waals surface area contributed by atoms with E-state index in [0.717, 1.165) is 0 Å². The minimum Gasteiger partial charge on any atom is -0.242 e. The first-order valence-electron chi connectivity index (χ1n) is 1.25. The Labute approximate surface area is 61.8 Å². The van der Waals surface area contributed by atoms with E-state index < -0.39 is 0 Å². The van der Waals surface area contributed by atoms with Crippen molar-refractivity contribution in [3.05, 3.63) is 17.1 Å². The van der Waals surface area contributed by atoms with Gasteiger partial charge in [-0.3, -0.25) is 0 Å². The normalized spacial score (nSPS) is 6.67. The molecule has 0 aliphatic rings. The first-order valence-corrected chi connectivity index (χ1v) is 2.13. The van der Waals surface area contributed by atoms with E-state index >= 15 is 0 Å². The molecular formula is C3H8NSSn. The van der Waals surface area contributed by atoms with Crippen molar-refractivity contribution >= 4 is 35.2 Å². The van der Waals surface area contributed by atoms with Crippen LogP contribution in [0.1, 0.15) is 4.28 Å². The van der Waals surface area contributed by atoms with Crippen molar-refractivity contribution in [3.63, 3.8) is 0 Å². The second-order valence-electron chi connectivity index (χ2n) is 0.623. The SMILES string of the molecule is [HH].[HH].[HH].[Sn].[c]1nccs1. The summed E-state index contributed by atoms with van der Waals surface area (Å²) < 4.78 is 0. The molecule has 3 heteroatoms. The second-order valence-corrected chi connectivity index (χ2v) is 1.31. The van der Waals surface area contributed by atoms with E-state index in [1.54, 1.807) is 6.20 Å². The van der Waals surface area contributed by atoms with Crippen molar-refractivity contribution in [2.75, 3.05) is 0 Å². The van der Waals surface area contributed by atoms with E-state index in [9.17, 15) is 0 Å². The summed E-state index contributed by atoms with van der Waals surface area (Å²) in [5, 5.41) is 1.88. The van der Waals surface area contributed by atoms with Crippen LogP contribution in [0.3, 0.4) is 0 Å². The van der Waals surface area contributed by atoms with E-state index in [1.807, 2.05) is 5.38 Å². The van der Waals surface area contributed by atoms with E-state index in [-0.39, 0.29) is 28.2 Å². The molecule has 0 aromatic carbocycles. The largest absolute Gasteiger partial charge is 0.242 e. The van der Waals surface area contributed by atoms with Crippen molar-refractivity contribution in [3.8, 4) is 0 Å². The van der Waals surface area contributed by atoms with E-state index in [1.165, 1.54) is 11.3 Å². The first-order chi connectivity index (χ1) is 2.50. The van der Waals surface area contributed by atoms with Gasteiger partial charge in [-0.1, -0.05) is 0 Å². The molecule has 0 aliphatic carbocycles.